The molecule has 2 aliphatic rings. The van der Waals surface area contributed by atoms with Crippen LogP contribution in [0, 0.1) is 10.8 Å². The Morgan fingerprint density at radius 3 is 1.41 bits per heavy atom. The fourth-order valence-electron chi connectivity index (χ4n) is 2.78. The minimum atomic E-state index is 0.258. The van der Waals surface area contributed by atoms with Gasteiger partial charge < -0.3 is 14.2 Å². The molecule has 2 unspecified atom stereocenters. The van der Waals surface area contributed by atoms with E-state index in [9.17, 15) is 0 Å². The summed E-state index contributed by atoms with van der Waals surface area (Å²) in [6.45, 7) is 12.3. The summed E-state index contributed by atoms with van der Waals surface area (Å²) in [5.41, 5.74) is 0.515. The quantitative estimate of drug-likeness (QED) is 0.716. The highest BCUT2D eigenvalue weighted by Crippen LogP contribution is 2.41. The third kappa shape index (κ3) is 2.13. The molecule has 3 heteroatoms. The molecule has 3 nitrogen and oxygen atoms in total. The Kier molecular flexibility index (Phi) is 3.81. The lowest BCUT2D eigenvalue weighted by Gasteiger charge is -2.50. The first-order valence-electron chi connectivity index (χ1n) is 6.89. The van der Waals surface area contributed by atoms with Gasteiger partial charge in [0.1, 0.15) is 0 Å². The fraction of sp³-hybridized carbons (Fsp3) is 1.00. The molecule has 0 saturated carbocycles. The third-order valence-electron chi connectivity index (χ3n) is 5.10. The lowest BCUT2D eigenvalue weighted by molar-refractivity contribution is -0.240. The van der Waals surface area contributed by atoms with E-state index in [0.29, 0.717) is 0 Å². The van der Waals surface area contributed by atoms with E-state index >= 15 is 0 Å². The molecule has 0 amide bonds. The highest BCUT2D eigenvalue weighted by atomic mass is 16.5. The van der Waals surface area contributed by atoms with Crippen molar-refractivity contribution < 1.29 is 14.2 Å². The number of hydrogen-bond donors (Lipinski definition) is 0. The Balaban J connectivity index is 1.91. The van der Waals surface area contributed by atoms with E-state index in [-0.39, 0.29) is 23.0 Å². The van der Waals surface area contributed by atoms with E-state index in [2.05, 4.69) is 27.7 Å². The van der Waals surface area contributed by atoms with Crippen molar-refractivity contribution in [2.24, 2.45) is 10.8 Å². The first kappa shape index (κ1) is 13.3. The summed E-state index contributed by atoms with van der Waals surface area (Å²) < 4.78 is 17.0. The Hall–Kier alpha value is -0.120. The van der Waals surface area contributed by atoms with Crippen LogP contribution in [0.4, 0.5) is 0 Å². The van der Waals surface area contributed by atoms with Crippen molar-refractivity contribution >= 4 is 0 Å². The normalized spacial score (nSPS) is 28.9. The fourth-order valence-corrected chi connectivity index (χ4v) is 2.78. The van der Waals surface area contributed by atoms with Gasteiger partial charge in [0, 0.05) is 10.8 Å². The van der Waals surface area contributed by atoms with Crippen molar-refractivity contribution in [1.29, 1.82) is 0 Å². The second-order valence-corrected chi connectivity index (χ2v) is 5.84. The zero-order valence-corrected chi connectivity index (χ0v) is 11.6. The molecule has 0 aliphatic carbocycles. The molecular weight excluding hydrogens is 216 g/mol. The largest absolute Gasteiger partial charge is 0.380 e. The summed E-state index contributed by atoms with van der Waals surface area (Å²) in [4.78, 5) is 0. The number of rotatable bonds is 6. The highest BCUT2D eigenvalue weighted by molar-refractivity contribution is 4.94. The molecule has 2 saturated heterocycles. The second kappa shape index (κ2) is 4.87. The summed E-state index contributed by atoms with van der Waals surface area (Å²) in [6, 6.07) is 0. The van der Waals surface area contributed by atoms with Gasteiger partial charge in [-0.05, 0) is 26.7 Å². The van der Waals surface area contributed by atoms with Crippen LogP contribution in [0.5, 0.6) is 0 Å². The number of ether oxygens (including phenoxy) is 3. The van der Waals surface area contributed by atoms with E-state index in [0.717, 1.165) is 39.3 Å². The van der Waals surface area contributed by atoms with Crippen molar-refractivity contribution in [3.05, 3.63) is 0 Å². The minimum absolute atomic E-state index is 0.258. The van der Waals surface area contributed by atoms with Crippen LogP contribution in [0.3, 0.4) is 0 Å². The van der Waals surface area contributed by atoms with E-state index < -0.39 is 0 Å². The molecule has 100 valence electrons. The lowest BCUT2D eigenvalue weighted by atomic mass is 9.76. The van der Waals surface area contributed by atoms with Gasteiger partial charge in [-0.2, -0.15) is 0 Å². The van der Waals surface area contributed by atoms with Crippen LogP contribution >= 0.6 is 0 Å². The van der Waals surface area contributed by atoms with Gasteiger partial charge in [0.25, 0.3) is 0 Å². The number of hydrogen-bond acceptors (Lipinski definition) is 3. The molecule has 2 rings (SSSR count). The van der Waals surface area contributed by atoms with Crippen LogP contribution in [0.25, 0.3) is 0 Å². The standard InChI is InChI=1S/C14H26O3/c1-5-13(7-15-8-13)11(3)17-12(4)14(6-2)9-16-10-14/h11-12H,5-10H2,1-4H3. The van der Waals surface area contributed by atoms with Crippen molar-refractivity contribution in [3.63, 3.8) is 0 Å². The third-order valence-corrected chi connectivity index (χ3v) is 5.10. The first-order chi connectivity index (χ1) is 8.08. The van der Waals surface area contributed by atoms with Gasteiger partial charge in [-0.3, -0.25) is 0 Å². The average Bonchev–Trinajstić information content (AvgIpc) is 2.15. The van der Waals surface area contributed by atoms with Crippen molar-refractivity contribution in [2.45, 2.75) is 52.7 Å². The molecule has 0 aromatic carbocycles. The van der Waals surface area contributed by atoms with E-state index in [1.54, 1.807) is 0 Å². The lowest BCUT2D eigenvalue weighted by Crippen LogP contribution is -2.56. The molecule has 2 heterocycles. The van der Waals surface area contributed by atoms with Crippen LogP contribution < -0.4 is 0 Å². The molecule has 0 radical (unpaired) electrons. The molecule has 0 bridgehead atoms. The Morgan fingerprint density at radius 2 is 1.24 bits per heavy atom. The van der Waals surface area contributed by atoms with Crippen molar-refractivity contribution in [1.82, 2.24) is 0 Å². The molecular formula is C14H26O3. The second-order valence-electron chi connectivity index (χ2n) is 5.84. The average molecular weight is 242 g/mol. The van der Waals surface area contributed by atoms with Crippen LogP contribution in [0.15, 0.2) is 0 Å². The Labute approximate surface area is 105 Å². The highest BCUT2D eigenvalue weighted by Gasteiger charge is 2.47. The van der Waals surface area contributed by atoms with Gasteiger partial charge in [-0.25, -0.2) is 0 Å². The van der Waals surface area contributed by atoms with Crippen molar-refractivity contribution in [3.8, 4) is 0 Å². The molecule has 0 aromatic heterocycles. The van der Waals surface area contributed by atoms with Crippen LogP contribution in [-0.4, -0.2) is 38.6 Å². The summed E-state index contributed by atoms with van der Waals surface area (Å²) >= 11 is 0. The maximum Gasteiger partial charge on any atom is 0.0651 e. The molecule has 2 aliphatic heterocycles. The summed E-state index contributed by atoms with van der Waals surface area (Å²) in [5, 5.41) is 0. The summed E-state index contributed by atoms with van der Waals surface area (Å²) in [5.74, 6) is 0. The van der Waals surface area contributed by atoms with Gasteiger partial charge >= 0.3 is 0 Å². The Morgan fingerprint density at radius 1 is 0.882 bits per heavy atom. The Bertz CT molecular complexity index is 219. The SMILES string of the molecule is CCC1(C(C)OC(C)C2(CC)COC2)COC1. The monoisotopic (exact) mass is 242 g/mol. The predicted octanol–water partition coefficient (Wildman–Crippen LogP) is 2.63. The van der Waals surface area contributed by atoms with E-state index in [4.69, 9.17) is 14.2 Å². The maximum absolute atomic E-state index is 6.29. The summed E-state index contributed by atoms with van der Waals surface area (Å²) in [6.07, 6.45) is 2.83. The van der Waals surface area contributed by atoms with Crippen LogP contribution in [-0.2, 0) is 14.2 Å². The summed E-state index contributed by atoms with van der Waals surface area (Å²) in [7, 11) is 0. The molecule has 2 atom stereocenters. The topological polar surface area (TPSA) is 27.7 Å². The van der Waals surface area contributed by atoms with Gasteiger partial charge in [-0.1, -0.05) is 13.8 Å². The van der Waals surface area contributed by atoms with E-state index in [1.165, 1.54) is 0 Å². The van der Waals surface area contributed by atoms with E-state index in [1.807, 2.05) is 0 Å². The van der Waals surface area contributed by atoms with Gasteiger partial charge in [0.2, 0.25) is 0 Å². The molecule has 0 N–H and O–H groups in total. The zero-order valence-electron chi connectivity index (χ0n) is 11.6. The first-order valence-corrected chi connectivity index (χ1v) is 6.89. The predicted molar refractivity (Wildman–Crippen MR) is 67.1 cm³/mol. The molecule has 2 fully saturated rings. The maximum atomic E-state index is 6.29. The molecule has 0 spiro atoms. The van der Waals surface area contributed by atoms with Crippen molar-refractivity contribution in [2.75, 3.05) is 26.4 Å². The minimum Gasteiger partial charge on any atom is -0.380 e. The zero-order chi connectivity index (χ0) is 12.5. The van der Waals surface area contributed by atoms with Gasteiger partial charge in [0.15, 0.2) is 0 Å². The van der Waals surface area contributed by atoms with Crippen LogP contribution in [0.2, 0.25) is 0 Å². The van der Waals surface area contributed by atoms with Gasteiger partial charge in [0.05, 0.1) is 38.6 Å². The molecule has 17 heavy (non-hydrogen) atoms. The smallest absolute Gasteiger partial charge is 0.0651 e. The molecule has 0 aromatic rings. The van der Waals surface area contributed by atoms with Crippen LogP contribution in [0.1, 0.15) is 40.5 Å². The van der Waals surface area contributed by atoms with Gasteiger partial charge in [-0.15, -0.1) is 0 Å².